The molecule has 11 N–H and O–H groups in total. The molecule has 6 atom stereocenters. The van der Waals surface area contributed by atoms with Crippen LogP contribution in [-0.2, 0) is 4.79 Å². The zero-order chi connectivity index (χ0) is 28.6. The summed E-state index contributed by atoms with van der Waals surface area (Å²) in [5, 5.41) is 112. The second-order valence-corrected chi connectivity index (χ2v) is 10.3. The lowest BCUT2D eigenvalue weighted by atomic mass is 9.48. The summed E-state index contributed by atoms with van der Waals surface area (Å²) in [5.74, 6) is -2.42. The highest BCUT2D eigenvalue weighted by Gasteiger charge is 2.61. The number of aliphatic hydroxyl groups is 10. The van der Waals surface area contributed by atoms with E-state index in [4.69, 9.17) is 0 Å². The molecule has 0 saturated heterocycles. The molecule has 0 radical (unpaired) electrons. The smallest absolute Gasteiger partial charge is 0.310 e. The molecule has 0 aliphatic carbocycles. The number of carboxylic acids is 1. The molecule has 0 fully saturated rings. The zero-order valence-electron chi connectivity index (χ0n) is 21.9. The van der Waals surface area contributed by atoms with Crippen molar-refractivity contribution >= 4 is 5.97 Å². The Morgan fingerprint density at radius 3 is 1.38 bits per heavy atom. The van der Waals surface area contributed by atoms with Crippen LogP contribution in [0.1, 0.15) is 71.1 Å². The van der Waals surface area contributed by atoms with Crippen LogP contribution in [0.4, 0.5) is 0 Å². The lowest BCUT2D eigenvalue weighted by Gasteiger charge is -2.55. The highest BCUT2D eigenvalue weighted by Crippen LogP contribution is 2.59. The fraction of sp³-hybridized carbons (Fsp3) is 0.960. The number of unbranched alkanes of at least 4 members (excludes halogenated alkanes) is 3. The fourth-order valence-corrected chi connectivity index (χ4v) is 5.82. The van der Waals surface area contributed by atoms with E-state index in [9.17, 15) is 61.0 Å². The van der Waals surface area contributed by atoms with Crippen LogP contribution >= 0.6 is 0 Å². The van der Waals surface area contributed by atoms with E-state index in [1.54, 1.807) is 0 Å². The summed E-state index contributed by atoms with van der Waals surface area (Å²) in [5.41, 5.74) is -4.01. The fourth-order valence-electron chi connectivity index (χ4n) is 5.82. The van der Waals surface area contributed by atoms with Gasteiger partial charge in [0.1, 0.15) is 0 Å². The highest BCUT2D eigenvalue weighted by molar-refractivity contribution is 5.76. The summed E-state index contributed by atoms with van der Waals surface area (Å²) in [6, 6.07) is 0. The van der Waals surface area contributed by atoms with E-state index < -0.39 is 112 Å². The number of hydrogen-bond acceptors (Lipinski definition) is 11. The average Bonchev–Trinajstić information content (AvgIpc) is 2.88. The van der Waals surface area contributed by atoms with Gasteiger partial charge in [-0.15, -0.1) is 0 Å². The molecule has 0 aliphatic heterocycles. The van der Waals surface area contributed by atoms with Crippen LogP contribution in [0.3, 0.4) is 0 Å². The van der Waals surface area contributed by atoms with Gasteiger partial charge in [0.15, 0.2) is 0 Å². The van der Waals surface area contributed by atoms with Crippen molar-refractivity contribution in [3.8, 4) is 0 Å². The van der Waals surface area contributed by atoms with Gasteiger partial charge in [0, 0.05) is 0 Å². The average molecular weight is 543 g/mol. The molecule has 0 aromatic carbocycles. The Labute approximate surface area is 218 Å². The molecule has 0 saturated carbocycles. The Balaban J connectivity index is 7.42. The number of aliphatic carboxylic acids is 1. The molecule has 0 aromatic rings. The van der Waals surface area contributed by atoms with E-state index >= 15 is 0 Å². The lowest BCUT2D eigenvalue weighted by Crippen LogP contribution is -2.58. The molecule has 12 nitrogen and oxygen atoms in total. The van der Waals surface area contributed by atoms with Gasteiger partial charge < -0.3 is 56.2 Å². The van der Waals surface area contributed by atoms with Crippen molar-refractivity contribution < 1.29 is 61.0 Å². The largest absolute Gasteiger partial charge is 0.481 e. The number of aliphatic hydroxyl groups excluding tert-OH is 10. The zero-order valence-corrected chi connectivity index (χ0v) is 21.9. The Morgan fingerprint density at radius 2 is 1.03 bits per heavy atom. The molecule has 6 unspecified atom stereocenters. The van der Waals surface area contributed by atoms with Gasteiger partial charge in [0.2, 0.25) is 0 Å². The van der Waals surface area contributed by atoms with Gasteiger partial charge in [0.05, 0.1) is 69.0 Å². The predicted octanol–water partition coefficient (Wildman–Crippen LogP) is -1.65. The molecule has 12 heteroatoms. The van der Waals surface area contributed by atoms with E-state index in [0.717, 1.165) is 19.3 Å². The van der Waals surface area contributed by atoms with Crippen LogP contribution in [0.5, 0.6) is 0 Å². The maximum atomic E-state index is 13.2. The minimum atomic E-state index is -2.21. The predicted molar refractivity (Wildman–Crippen MR) is 133 cm³/mol. The first-order valence-electron chi connectivity index (χ1n) is 13.1. The normalized spacial score (nSPS) is 20.3. The number of carbonyl (C=O) groups is 1. The van der Waals surface area contributed by atoms with Gasteiger partial charge in [-0.05, 0) is 49.9 Å². The van der Waals surface area contributed by atoms with Gasteiger partial charge in [0.25, 0.3) is 0 Å². The second kappa shape index (κ2) is 18.4. The molecule has 0 bridgehead atoms. The van der Waals surface area contributed by atoms with E-state index in [1.807, 2.05) is 6.92 Å². The molecule has 0 aliphatic rings. The third-order valence-corrected chi connectivity index (χ3v) is 7.53. The van der Waals surface area contributed by atoms with Crippen LogP contribution in [0.2, 0.25) is 0 Å². The van der Waals surface area contributed by atoms with E-state index in [1.165, 1.54) is 0 Å². The molecule has 0 aromatic heterocycles. The van der Waals surface area contributed by atoms with Crippen molar-refractivity contribution in [3.63, 3.8) is 0 Å². The maximum absolute atomic E-state index is 13.2. The molecule has 0 spiro atoms. The minimum Gasteiger partial charge on any atom is -0.481 e. The van der Waals surface area contributed by atoms with Gasteiger partial charge >= 0.3 is 5.97 Å². The van der Waals surface area contributed by atoms with Crippen molar-refractivity contribution in [2.24, 2.45) is 16.7 Å². The summed E-state index contributed by atoms with van der Waals surface area (Å²) in [7, 11) is 0. The Hall–Kier alpha value is -0.930. The Bertz CT molecular complexity index is 580. The summed E-state index contributed by atoms with van der Waals surface area (Å²) >= 11 is 0. The number of hydrogen-bond donors (Lipinski definition) is 11. The van der Waals surface area contributed by atoms with E-state index in [-0.39, 0.29) is 12.8 Å². The third-order valence-electron chi connectivity index (χ3n) is 7.53. The Kier molecular flexibility index (Phi) is 17.9. The first kappa shape index (κ1) is 36.1. The molecular weight excluding hydrogens is 492 g/mol. The molecule has 0 amide bonds. The summed E-state index contributed by atoms with van der Waals surface area (Å²) in [6.07, 6.45) is -6.73. The first-order chi connectivity index (χ1) is 17.4. The molecular formula is C25H50O12. The van der Waals surface area contributed by atoms with Crippen molar-refractivity contribution in [3.05, 3.63) is 0 Å². The number of rotatable bonds is 23. The van der Waals surface area contributed by atoms with Gasteiger partial charge in [-0.2, -0.15) is 0 Å². The van der Waals surface area contributed by atoms with E-state index in [2.05, 4.69) is 0 Å². The van der Waals surface area contributed by atoms with Crippen molar-refractivity contribution in [1.82, 2.24) is 0 Å². The maximum Gasteiger partial charge on any atom is 0.310 e. The van der Waals surface area contributed by atoms with Crippen LogP contribution in [0.15, 0.2) is 0 Å². The second-order valence-electron chi connectivity index (χ2n) is 10.3. The SMILES string of the molecule is CCCCCCC(CC(O)CO)C(CC(O)CO)(CC(O)CO)C(CC(O)CO)(CC(O)CO)C(=O)O. The summed E-state index contributed by atoms with van der Waals surface area (Å²) < 4.78 is 0. The lowest BCUT2D eigenvalue weighted by molar-refractivity contribution is -0.188. The quantitative estimate of drug-likeness (QED) is 0.0651. The summed E-state index contributed by atoms with van der Waals surface area (Å²) in [4.78, 5) is 13.2. The molecule has 0 rings (SSSR count). The molecule has 0 heterocycles. The van der Waals surface area contributed by atoms with Crippen LogP contribution in [-0.4, -0.2) is 126 Å². The highest BCUT2D eigenvalue weighted by atomic mass is 16.4. The standard InChI is InChI=1S/C25H50O12/c1-2-3-4-5-6-17(7-18(31)12-26)24(8-19(32)13-27,9-20(33)14-28)25(23(36)37,10-21(34)15-29)11-22(35)16-30/h17-22,26-35H,2-16H2,1H3,(H,36,37). The van der Waals surface area contributed by atoms with Crippen molar-refractivity contribution in [2.45, 2.75) is 102 Å². The summed E-state index contributed by atoms with van der Waals surface area (Å²) in [6.45, 7) is -1.93. The van der Waals surface area contributed by atoms with Gasteiger partial charge in [-0.3, -0.25) is 4.79 Å². The topological polar surface area (TPSA) is 240 Å². The monoisotopic (exact) mass is 542 g/mol. The van der Waals surface area contributed by atoms with Gasteiger partial charge in [-0.25, -0.2) is 0 Å². The first-order valence-corrected chi connectivity index (χ1v) is 13.1. The van der Waals surface area contributed by atoms with E-state index in [0.29, 0.717) is 6.42 Å². The van der Waals surface area contributed by atoms with Crippen LogP contribution in [0, 0.1) is 16.7 Å². The van der Waals surface area contributed by atoms with Crippen LogP contribution < -0.4 is 0 Å². The third kappa shape index (κ3) is 10.6. The molecule has 37 heavy (non-hydrogen) atoms. The molecule has 222 valence electrons. The van der Waals surface area contributed by atoms with Crippen molar-refractivity contribution in [2.75, 3.05) is 33.0 Å². The Morgan fingerprint density at radius 1 is 0.622 bits per heavy atom. The minimum absolute atomic E-state index is 0.182. The van der Waals surface area contributed by atoms with Crippen molar-refractivity contribution in [1.29, 1.82) is 0 Å². The number of carboxylic acid groups (broad SMARTS) is 1. The van der Waals surface area contributed by atoms with Gasteiger partial charge in [-0.1, -0.05) is 32.6 Å². The van der Waals surface area contributed by atoms with Crippen LogP contribution in [0.25, 0.3) is 0 Å².